The van der Waals surface area contributed by atoms with Crippen LogP contribution in [-0.4, -0.2) is 16.2 Å². The Balaban J connectivity index is 1.56. The van der Waals surface area contributed by atoms with Crippen LogP contribution >= 0.6 is 11.3 Å². The van der Waals surface area contributed by atoms with Crippen molar-refractivity contribution >= 4 is 21.6 Å². The molecule has 0 aliphatic heterocycles. The summed E-state index contributed by atoms with van der Waals surface area (Å²) < 4.78 is 7.09. The van der Waals surface area contributed by atoms with Crippen LogP contribution in [0.1, 0.15) is 6.92 Å². The number of fused-ring (bicyclic) bond motifs is 1. The molecule has 0 aliphatic rings. The summed E-state index contributed by atoms with van der Waals surface area (Å²) >= 11 is 1.49. The minimum absolute atomic E-state index is 0.0717. The van der Waals surface area contributed by atoms with Gasteiger partial charge < -0.3 is 4.74 Å². The first-order valence-electron chi connectivity index (χ1n) is 10.1. The van der Waals surface area contributed by atoms with Crippen LogP contribution in [-0.2, 0) is 0 Å². The highest BCUT2D eigenvalue weighted by atomic mass is 32.1. The van der Waals surface area contributed by atoms with Crippen molar-refractivity contribution < 1.29 is 4.74 Å². The van der Waals surface area contributed by atoms with Gasteiger partial charge in [-0.2, -0.15) is 0 Å². The van der Waals surface area contributed by atoms with E-state index in [1.807, 2.05) is 54.8 Å². The zero-order chi connectivity index (χ0) is 21.2. The third-order valence-corrected chi connectivity index (χ3v) is 6.11. The van der Waals surface area contributed by atoms with Gasteiger partial charge in [-0.15, -0.1) is 11.3 Å². The summed E-state index contributed by atoms with van der Waals surface area (Å²) in [5.74, 6) is 0.781. The molecule has 0 amide bonds. The van der Waals surface area contributed by atoms with Gasteiger partial charge in [0, 0.05) is 10.9 Å². The Morgan fingerprint density at radius 1 is 0.871 bits per heavy atom. The van der Waals surface area contributed by atoms with E-state index in [9.17, 15) is 4.79 Å². The van der Waals surface area contributed by atoms with E-state index in [0.717, 1.165) is 33.0 Å². The van der Waals surface area contributed by atoms with Gasteiger partial charge in [0.2, 0.25) is 0 Å². The summed E-state index contributed by atoms with van der Waals surface area (Å²) in [6.07, 6.45) is 1.60. The van der Waals surface area contributed by atoms with Gasteiger partial charge in [-0.1, -0.05) is 54.6 Å². The second-order valence-corrected chi connectivity index (χ2v) is 7.98. The highest BCUT2D eigenvalue weighted by Gasteiger charge is 2.14. The van der Waals surface area contributed by atoms with E-state index in [4.69, 9.17) is 4.74 Å². The van der Waals surface area contributed by atoms with E-state index in [1.165, 1.54) is 16.9 Å². The number of rotatable bonds is 5. The average molecular weight is 425 g/mol. The molecule has 0 unspecified atom stereocenters. The fourth-order valence-electron chi connectivity index (χ4n) is 3.67. The largest absolute Gasteiger partial charge is 0.494 e. The minimum atomic E-state index is -0.0717. The Hall–Kier alpha value is -3.70. The summed E-state index contributed by atoms with van der Waals surface area (Å²) in [4.78, 5) is 18.7. The number of aromatic nitrogens is 2. The van der Waals surface area contributed by atoms with Crippen molar-refractivity contribution in [3.05, 3.63) is 101 Å². The summed E-state index contributed by atoms with van der Waals surface area (Å²) in [7, 11) is 0. The van der Waals surface area contributed by atoms with Crippen LogP contribution in [0.25, 0.3) is 38.2 Å². The number of hydrogen-bond donors (Lipinski definition) is 0. The molecular weight excluding hydrogens is 404 g/mol. The van der Waals surface area contributed by atoms with Gasteiger partial charge in [0.1, 0.15) is 16.9 Å². The molecule has 0 saturated carbocycles. The molecule has 0 atom stereocenters. The van der Waals surface area contributed by atoms with E-state index in [2.05, 4.69) is 41.4 Å². The van der Waals surface area contributed by atoms with Crippen LogP contribution in [0, 0.1) is 0 Å². The van der Waals surface area contributed by atoms with Gasteiger partial charge in [-0.3, -0.25) is 9.36 Å². The predicted molar refractivity (Wildman–Crippen MR) is 127 cm³/mol. The lowest BCUT2D eigenvalue weighted by atomic mass is 10.0. The lowest BCUT2D eigenvalue weighted by Gasteiger charge is -2.08. The van der Waals surface area contributed by atoms with Crippen LogP contribution in [0.15, 0.2) is 95.4 Å². The van der Waals surface area contributed by atoms with Gasteiger partial charge in [0.25, 0.3) is 5.56 Å². The van der Waals surface area contributed by atoms with Crippen molar-refractivity contribution in [2.45, 2.75) is 6.92 Å². The molecule has 0 N–H and O–H groups in total. The lowest BCUT2D eigenvalue weighted by molar-refractivity contribution is 0.340. The van der Waals surface area contributed by atoms with E-state index in [0.29, 0.717) is 12.0 Å². The SMILES string of the molecule is CCOc1ccc(-n2cnc3scc(-c4ccc(-c5ccccc5)cc4)c3c2=O)cc1. The van der Waals surface area contributed by atoms with E-state index < -0.39 is 0 Å². The first kappa shape index (κ1) is 19.3. The molecule has 5 aromatic rings. The molecular formula is C26H20N2O2S. The van der Waals surface area contributed by atoms with E-state index >= 15 is 0 Å². The Labute approximate surface area is 184 Å². The maximum Gasteiger partial charge on any atom is 0.267 e. The van der Waals surface area contributed by atoms with Crippen LogP contribution in [0.2, 0.25) is 0 Å². The second kappa shape index (κ2) is 8.20. The fourth-order valence-corrected chi connectivity index (χ4v) is 4.58. The molecule has 152 valence electrons. The zero-order valence-corrected chi connectivity index (χ0v) is 17.8. The van der Waals surface area contributed by atoms with Crippen LogP contribution in [0.4, 0.5) is 0 Å². The normalized spacial score (nSPS) is 11.0. The fraction of sp³-hybridized carbons (Fsp3) is 0.0769. The first-order chi connectivity index (χ1) is 15.2. The molecule has 0 aliphatic carbocycles. The molecule has 0 spiro atoms. The number of benzene rings is 3. The van der Waals surface area contributed by atoms with Crippen molar-refractivity contribution in [3.63, 3.8) is 0 Å². The summed E-state index contributed by atoms with van der Waals surface area (Å²) in [6.45, 7) is 2.55. The maximum atomic E-state index is 13.4. The molecule has 2 heterocycles. The molecule has 0 bridgehead atoms. The van der Waals surface area contributed by atoms with Crippen LogP contribution in [0.3, 0.4) is 0 Å². The summed E-state index contributed by atoms with van der Waals surface area (Å²) in [5.41, 5.74) is 4.93. The molecule has 0 saturated heterocycles. The van der Waals surface area contributed by atoms with Gasteiger partial charge in [0.05, 0.1) is 17.7 Å². The Kier molecular flexibility index (Phi) is 5.10. The van der Waals surface area contributed by atoms with Crippen LogP contribution in [0.5, 0.6) is 5.75 Å². The van der Waals surface area contributed by atoms with Crippen molar-refractivity contribution in [1.29, 1.82) is 0 Å². The zero-order valence-electron chi connectivity index (χ0n) is 17.0. The summed E-state index contributed by atoms with van der Waals surface area (Å²) in [6, 6.07) is 26.1. The first-order valence-corrected chi connectivity index (χ1v) is 11.0. The smallest absolute Gasteiger partial charge is 0.267 e. The molecule has 0 fully saturated rings. The molecule has 4 nitrogen and oxygen atoms in total. The molecule has 5 rings (SSSR count). The van der Waals surface area contributed by atoms with Crippen molar-refractivity contribution in [1.82, 2.24) is 9.55 Å². The van der Waals surface area contributed by atoms with Crippen molar-refractivity contribution in [2.75, 3.05) is 6.61 Å². The standard InChI is InChI=1S/C26H20N2O2S/c1-2-30-22-14-12-21(13-15-22)28-17-27-25-24(26(28)29)23(16-31-25)20-10-8-19(9-11-20)18-6-4-3-5-7-18/h3-17H,2H2,1H3. The van der Waals surface area contributed by atoms with Gasteiger partial charge in [0.15, 0.2) is 0 Å². The quantitative estimate of drug-likeness (QED) is 0.338. The predicted octanol–water partition coefficient (Wildman–Crippen LogP) is 6.18. The number of nitrogens with zero attached hydrogens (tertiary/aromatic N) is 2. The van der Waals surface area contributed by atoms with Crippen molar-refractivity contribution in [3.8, 4) is 33.7 Å². The average Bonchev–Trinajstić information content (AvgIpc) is 3.26. The topological polar surface area (TPSA) is 44.1 Å². The number of thiophene rings is 1. The van der Waals surface area contributed by atoms with Gasteiger partial charge >= 0.3 is 0 Å². The van der Waals surface area contributed by atoms with Crippen molar-refractivity contribution in [2.24, 2.45) is 0 Å². The van der Waals surface area contributed by atoms with E-state index in [-0.39, 0.29) is 5.56 Å². The van der Waals surface area contributed by atoms with Gasteiger partial charge in [-0.25, -0.2) is 4.98 Å². The molecule has 2 aromatic heterocycles. The molecule has 3 aromatic carbocycles. The second-order valence-electron chi connectivity index (χ2n) is 7.12. The minimum Gasteiger partial charge on any atom is -0.494 e. The summed E-state index contributed by atoms with van der Waals surface area (Å²) in [5, 5.41) is 2.66. The van der Waals surface area contributed by atoms with Crippen LogP contribution < -0.4 is 10.3 Å². The Morgan fingerprint density at radius 3 is 2.26 bits per heavy atom. The molecule has 5 heteroatoms. The molecule has 31 heavy (non-hydrogen) atoms. The lowest BCUT2D eigenvalue weighted by Crippen LogP contribution is -2.18. The Bertz CT molecular complexity index is 1390. The third kappa shape index (κ3) is 3.64. The number of ether oxygens (including phenoxy) is 1. The highest BCUT2D eigenvalue weighted by molar-refractivity contribution is 7.17. The van der Waals surface area contributed by atoms with E-state index in [1.54, 1.807) is 10.9 Å². The molecule has 0 radical (unpaired) electrons. The third-order valence-electron chi connectivity index (χ3n) is 5.22. The monoisotopic (exact) mass is 424 g/mol. The highest BCUT2D eigenvalue weighted by Crippen LogP contribution is 2.32. The van der Waals surface area contributed by atoms with Gasteiger partial charge in [-0.05, 0) is 47.9 Å². The Morgan fingerprint density at radius 2 is 1.55 bits per heavy atom. The number of hydrogen-bond acceptors (Lipinski definition) is 4. The maximum absolute atomic E-state index is 13.4.